The van der Waals surface area contributed by atoms with Gasteiger partial charge in [-0.05, 0) is 37.6 Å². The molecule has 0 aromatic heterocycles. The highest BCUT2D eigenvalue weighted by molar-refractivity contribution is 5.74. The quantitative estimate of drug-likeness (QED) is 0.696. The van der Waals surface area contributed by atoms with Crippen molar-refractivity contribution in [3.63, 3.8) is 0 Å². The highest BCUT2D eigenvalue weighted by Gasteiger charge is 2.24. The number of hydrogen-bond donors (Lipinski definition) is 3. The number of nitrogens with two attached hydrogens (primary N) is 1. The van der Waals surface area contributed by atoms with Crippen LogP contribution < -0.4 is 16.4 Å². The first-order chi connectivity index (χ1) is 8.79. The smallest absolute Gasteiger partial charge is 0.315 e. The van der Waals surface area contributed by atoms with Crippen LogP contribution in [0.15, 0.2) is 0 Å². The summed E-state index contributed by atoms with van der Waals surface area (Å²) in [7, 11) is 0. The summed E-state index contributed by atoms with van der Waals surface area (Å²) in [6, 6.07) is 0.119. The minimum absolute atomic E-state index is 0.0631. The Morgan fingerprint density at radius 1 is 1.22 bits per heavy atom. The Morgan fingerprint density at radius 3 is 2.67 bits per heavy atom. The topological polar surface area (TPSA) is 76.4 Å². The van der Waals surface area contributed by atoms with Crippen LogP contribution in [0.3, 0.4) is 0 Å². The molecule has 0 radical (unpaired) electrons. The lowest BCUT2D eigenvalue weighted by Gasteiger charge is -2.30. The van der Waals surface area contributed by atoms with Gasteiger partial charge in [-0.1, -0.05) is 12.8 Å². The molecule has 3 atom stereocenters. The maximum absolute atomic E-state index is 11.7. The lowest BCUT2D eigenvalue weighted by Crippen LogP contribution is -2.45. The first-order valence-corrected chi connectivity index (χ1v) is 7.11. The van der Waals surface area contributed by atoms with E-state index in [2.05, 4.69) is 10.6 Å². The average molecular weight is 255 g/mol. The molecule has 18 heavy (non-hydrogen) atoms. The predicted molar refractivity (Wildman–Crippen MR) is 70.3 cm³/mol. The molecule has 3 unspecified atom stereocenters. The number of rotatable bonds is 4. The summed E-state index contributed by atoms with van der Waals surface area (Å²) in [6.07, 6.45) is 5.86. The van der Waals surface area contributed by atoms with E-state index in [1.54, 1.807) is 0 Å². The van der Waals surface area contributed by atoms with Crippen LogP contribution in [0.25, 0.3) is 0 Å². The highest BCUT2D eigenvalue weighted by Crippen LogP contribution is 2.28. The first-order valence-electron chi connectivity index (χ1n) is 7.11. The SMILES string of the molecule is NCC1CCCCC1CNC(=O)NC1CCOC1. The summed E-state index contributed by atoms with van der Waals surface area (Å²) in [4.78, 5) is 11.7. The van der Waals surface area contributed by atoms with Crippen LogP contribution in [0.2, 0.25) is 0 Å². The van der Waals surface area contributed by atoms with Crippen molar-refractivity contribution >= 4 is 6.03 Å². The fourth-order valence-corrected chi connectivity index (χ4v) is 2.97. The molecule has 2 aliphatic rings. The fraction of sp³-hybridized carbons (Fsp3) is 0.923. The fourth-order valence-electron chi connectivity index (χ4n) is 2.97. The molecule has 4 N–H and O–H groups in total. The molecule has 0 aromatic rings. The molecule has 5 heteroatoms. The van der Waals surface area contributed by atoms with Gasteiger partial charge in [-0.3, -0.25) is 0 Å². The normalized spacial score (nSPS) is 32.2. The van der Waals surface area contributed by atoms with Gasteiger partial charge in [0, 0.05) is 13.2 Å². The van der Waals surface area contributed by atoms with Crippen molar-refractivity contribution in [3.05, 3.63) is 0 Å². The minimum Gasteiger partial charge on any atom is -0.379 e. The number of carbonyl (C=O) groups excluding carboxylic acids is 1. The molecular weight excluding hydrogens is 230 g/mol. The van der Waals surface area contributed by atoms with Crippen LogP contribution in [0.4, 0.5) is 4.79 Å². The summed E-state index contributed by atoms with van der Waals surface area (Å²) < 4.78 is 5.23. The van der Waals surface area contributed by atoms with E-state index >= 15 is 0 Å². The molecule has 5 nitrogen and oxygen atoms in total. The third kappa shape index (κ3) is 3.85. The van der Waals surface area contributed by atoms with E-state index in [0.717, 1.165) is 26.1 Å². The van der Waals surface area contributed by atoms with Gasteiger partial charge in [0.15, 0.2) is 0 Å². The van der Waals surface area contributed by atoms with Crippen LogP contribution >= 0.6 is 0 Å². The second-order valence-electron chi connectivity index (χ2n) is 5.46. The van der Waals surface area contributed by atoms with Gasteiger partial charge >= 0.3 is 6.03 Å². The molecule has 0 bridgehead atoms. The van der Waals surface area contributed by atoms with E-state index in [1.165, 1.54) is 25.7 Å². The summed E-state index contributed by atoms with van der Waals surface area (Å²) in [5, 5.41) is 5.93. The maximum Gasteiger partial charge on any atom is 0.315 e. The molecule has 2 fully saturated rings. The van der Waals surface area contributed by atoms with E-state index in [0.29, 0.717) is 18.4 Å². The molecular formula is C13H25N3O2. The summed E-state index contributed by atoms with van der Waals surface area (Å²) in [6.45, 7) is 2.89. The summed E-state index contributed by atoms with van der Waals surface area (Å²) in [5.41, 5.74) is 5.79. The van der Waals surface area contributed by atoms with Crippen molar-refractivity contribution in [1.29, 1.82) is 0 Å². The molecule has 0 aromatic carbocycles. The molecule has 1 saturated carbocycles. The number of nitrogens with one attached hydrogen (secondary N) is 2. The third-order valence-corrected chi connectivity index (χ3v) is 4.16. The Kier molecular flexibility index (Phi) is 5.26. The van der Waals surface area contributed by atoms with Crippen molar-refractivity contribution in [2.45, 2.75) is 38.1 Å². The Morgan fingerprint density at radius 2 is 2.00 bits per heavy atom. The first kappa shape index (κ1) is 13.6. The number of amides is 2. The van der Waals surface area contributed by atoms with Crippen LogP contribution in [0.1, 0.15) is 32.1 Å². The van der Waals surface area contributed by atoms with E-state index in [4.69, 9.17) is 10.5 Å². The molecule has 1 aliphatic heterocycles. The minimum atomic E-state index is -0.0631. The zero-order valence-corrected chi connectivity index (χ0v) is 11.0. The van der Waals surface area contributed by atoms with E-state index in [9.17, 15) is 4.79 Å². The number of hydrogen-bond acceptors (Lipinski definition) is 3. The maximum atomic E-state index is 11.7. The van der Waals surface area contributed by atoms with E-state index in [-0.39, 0.29) is 12.1 Å². The van der Waals surface area contributed by atoms with Crippen molar-refractivity contribution in [2.24, 2.45) is 17.6 Å². The van der Waals surface area contributed by atoms with Crippen molar-refractivity contribution in [3.8, 4) is 0 Å². The van der Waals surface area contributed by atoms with E-state index in [1.807, 2.05) is 0 Å². The zero-order chi connectivity index (χ0) is 12.8. The van der Waals surface area contributed by atoms with Crippen molar-refractivity contribution < 1.29 is 9.53 Å². The van der Waals surface area contributed by atoms with Gasteiger partial charge in [0.25, 0.3) is 0 Å². The lowest BCUT2D eigenvalue weighted by atomic mass is 9.79. The lowest BCUT2D eigenvalue weighted by molar-refractivity contribution is 0.187. The zero-order valence-electron chi connectivity index (χ0n) is 11.0. The van der Waals surface area contributed by atoms with Crippen LogP contribution in [0.5, 0.6) is 0 Å². The number of ether oxygens (including phenoxy) is 1. The van der Waals surface area contributed by atoms with Gasteiger partial charge in [-0.15, -0.1) is 0 Å². The van der Waals surface area contributed by atoms with Gasteiger partial charge < -0.3 is 21.1 Å². The molecule has 104 valence electrons. The molecule has 2 amide bonds. The van der Waals surface area contributed by atoms with E-state index < -0.39 is 0 Å². The van der Waals surface area contributed by atoms with Crippen LogP contribution in [-0.2, 0) is 4.74 Å². The Balaban J connectivity index is 1.67. The molecule has 2 rings (SSSR count). The number of carbonyl (C=O) groups is 1. The van der Waals surface area contributed by atoms with Crippen molar-refractivity contribution in [1.82, 2.24) is 10.6 Å². The van der Waals surface area contributed by atoms with Gasteiger partial charge in [-0.25, -0.2) is 4.79 Å². The van der Waals surface area contributed by atoms with Crippen molar-refractivity contribution in [2.75, 3.05) is 26.3 Å². The molecule has 0 spiro atoms. The monoisotopic (exact) mass is 255 g/mol. The van der Waals surface area contributed by atoms with Gasteiger partial charge in [0.2, 0.25) is 0 Å². The number of urea groups is 1. The highest BCUT2D eigenvalue weighted by atomic mass is 16.5. The molecule has 1 aliphatic carbocycles. The molecule has 1 heterocycles. The second-order valence-corrected chi connectivity index (χ2v) is 5.46. The predicted octanol–water partition coefficient (Wildman–Crippen LogP) is 0.840. The largest absolute Gasteiger partial charge is 0.379 e. The summed E-state index contributed by atoms with van der Waals surface area (Å²) >= 11 is 0. The standard InChI is InChI=1S/C13H25N3O2/c14-7-10-3-1-2-4-11(10)8-15-13(17)16-12-5-6-18-9-12/h10-12H,1-9,14H2,(H2,15,16,17). The van der Waals surface area contributed by atoms with Gasteiger partial charge in [-0.2, -0.15) is 0 Å². The second kappa shape index (κ2) is 6.95. The average Bonchev–Trinajstić information content (AvgIpc) is 2.89. The van der Waals surface area contributed by atoms with Crippen LogP contribution in [0, 0.1) is 11.8 Å². The molecule has 1 saturated heterocycles. The van der Waals surface area contributed by atoms with Gasteiger partial charge in [0.05, 0.1) is 12.6 Å². The summed E-state index contributed by atoms with van der Waals surface area (Å²) in [5.74, 6) is 1.13. The Labute approximate surface area is 109 Å². The van der Waals surface area contributed by atoms with Crippen LogP contribution in [-0.4, -0.2) is 38.4 Å². The van der Waals surface area contributed by atoms with Gasteiger partial charge in [0.1, 0.15) is 0 Å². The third-order valence-electron chi connectivity index (χ3n) is 4.16. The Hall–Kier alpha value is -0.810. The Bertz CT molecular complexity index is 267.